The van der Waals surface area contributed by atoms with Gasteiger partial charge < -0.3 is 15.5 Å². The highest BCUT2D eigenvalue weighted by Crippen LogP contribution is 2.22. The molecule has 0 aliphatic carbocycles. The van der Waals surface area contributed by atoms with Crippen molar-refractivity contribution in [3.05, 3.63) is 60.2 Å². The Kier molecular flexibility index (Phi) is 7.42. The molecule has 29 heavy (non-hydrogen) atoms. The van der Waals surface area contributed by atoms with Crippen LogP contribution in [0.15, 0.2) is 54.6 Å². The molecule has 3 rings (SSSR count). The molecule has 154 valence electrons. The van der Waals surface area contributed by atoms with Gasteiger partial charge in [-0.2, -0.15) is 0 Å². The molecule has 0 radical (unpaired) electrons. The summed E-state index contributed by atoms with van der Waals surface area (Å²) in [6.45, 7) is 5.68. The summed E-state index contributed by atoms with van der Waals surface area (Å²) in [5.74, 6) is -0.167. The van der Waals surface area contributed by atoms with Crippen LogP contribution in [0.25, 0.3) is 11.1 Å². The van der Waals surface area contributed by atoms with Gasteiger partial charge in [-0.3, -0.25) is 9.59 Å². The number of primary amides is 1. The molecule has 2 amide bonds. The molecule has 0 bridgehead atoms. The minimum atomic E-state index is -0.293. The molecular formula is C24H31N3O2. The fourth-order valence-electron chi connectivity index (χ4n) is 3.98. The van der Waals surface area contributed by atoms with Gasteiger partial charge in [-0.1, -0.05) is 61.5 Å². The van der Waals surface area contributed by atoms with Gasteiger partial charge in [-0.05, 0) is 29.5 Å². The van der Waals surface area contributed by atoms with E-state index in [1.165, 1.54) is 11.1 Å². The Hall–Kier alpha value is -2.66. The lowest BCUT2D eigenvalue weighted by Crippen LogP contribution is -2.37. The number of rotatable bonds is 8. The van der Waals surface area contributed by atoms with E-state index in [0.717, 1.165) is 31.6 Å². The smallest absolute Gasteiger partial charge is 0.227 e. The SMILES string of the molecule is CCCN1CCN(CCC(N)=O)C[C@H](Cc2ccc(-c3ccccc3)cc2)C1=O. The highest BCUT2D eigenvalue weighted by molar-refractivity contribution is 5.80. The van der Waals surface area contributed by atoms with E-state index in [2.05, 4.69) is 48.2 Å². The first-order chi connectivity index (χ1) is 14.1. The van der Waals surface area contributed by atoms with Gasteiger partial charge in [0.15, 0.2) is 0 Å². The van der Waals surface area contributed by atoms with Crippen molar-refractivity contribution in [1.82, 2.24) is 9.80 Å². The van der Waals surface area contributed by atoms with Crippen LogP contribution >= 0.6 is 0 Å². The van der Waals surface area contributed by atoms with Gasteiger partial charge in [-0.25, -0.2) is 0 Å². The molecule has 0 unspecified atom stereocenters. The third-order valence-corrected chi connectivity index (χ3v) is 5.54. The van der Waals surface area contributed by atoms with Gasteiger partial charge in [0, 0.05) is 39.1 Å². The summed E-state index contributed by atoms with van der Waals surface area (Å²) < 4.78 is 0. The number of hydrogen-bond acceptors (Lipinski definition) is 3. The van der Waals surface area contributed by atoms with Crippen LogP contribution in [-0.2, 0) is 16.0 Å². The minimum Gasteiger partial charge on any atom is -0.370 e. The quantitative estimate of drug-likeness (QED) is 0.750. The highest BCUT2D eigenvalue weighted by Gasteiger charge is 2.30. The second-order valence-corrected chi connectivity index (χ2v) is 7.81. The molecule has 1 saturated heterocycles. The Morgan fingerprint density at radius 1 is 1.00 bits per heavy atom. The molecule has 2 N–H and O–H groups in total. The zero-order chi connectivity index (χ0) is 20.6. The maximum Gasteiger partial charge on any atom is 0.227 e. The molecule has 5 nitrogen and oxygen atoms in total. The molecule has 0 saturated carbocycles. The zero-order valence-electron chi connectivity index (χ0n) is 17.2. The van der Waals surface area contributed by atoms with E-state index in [-0.39, 0.29) is 17.7 Å². The Bertz CT molecular complexity index is 805. The monoisotopic (exact) mass is 393 g/mol. The number of nitrogens with two attached hydrogens (primary N) is 1. The first kappa shape index (κ1) is 21.1. The summed E-state index contributed by atoms with van der Waals surface area (Å²) in [4.78, 5) is 28.5. The predicted octanol–water partition coefficient (Wildman–Crippen LogP) is 2.94. The van der Waals surface area contributed by atoms with Crippen molar-refractivity contribution in [3.8, 4) is 11.1 Å². The van der Waals surface area contributed by atoms with Crippen LogP contribution in [0.5, 0.6) is 0 Å². The number of nitrogens with zero attached hydrogens (tertiary/aromatic N) is 2. The molecule has 1 heterocycles. The largest absolute Gasteiger partial charge is 0.370 e. The highest BCUT2D eigenvalue weighted by atomic mass is 16.2. The van der Waals surface area contributed by atoms with Crippen LogP contribution in [-0.4, -0.2) is 54.3 Å². The van der Waals surface area contributed by atoms with Crippen molar-refractivity contribution in [1.29, 1.82) is 0 Å². The lowest BCUT2D eigenvalue weighted by molar-refractivity contribution is -0.134. The van der Waals surface area contributed by atoms with Gasteiger partial charge >= 0.3 is 0 Å². The Morgan fingerprint density at radius 3 is 2.34 bits per heavy atom. The molecule has 1 fully saturated rings. The molecule has 0 aromatic heterocycles. The molecule has 2 aromatic rings. The first-order valence-electron chi connectivity index (χ1n) is 10.5. The average molecular weight is 394 g/mol. The summed E-state index contributed by atoms with van der Waals surface area (Å²) in [5, 5.41) is 0. The van der Waals surface area contributed by atoms with Crippen LogP contribution in [0.2, 0.25) is 0 Å². The van der Waals surface area contributed by atoms with Crippen LogP contribution in [0.4, 0.5) is 0 Å². The molecule has 1 aliphatic heterocycles. The minimum absolute atomic E-state index is 0.0977. The molecular weight excluding hydrogens is 362 g/mol. The van der Waals surface area contributed by atoms with Gasteiger partial charge in [-0.15, -0.1) is 0 Å². The normalized spacial score (nSPS) is 17.9. The lowest BCUT2D eigenvalue weighted by Gasteiger charge is -2.24. The van der Waals surface area contributed by atoms with Crippen molar-refractivity contribution in [2.45, 2.75) is 26.2 Å². The zero-order valence-corrected chi connectivity index (χ0v) is 17.2. The van der Waals surface area contributed by atoms with Crippen molar-refractivity contribution >= 4 is 11.8 Å². The van der Waals surface area contributed by atoms with Gasteiger partial charge in [0.05, 0.1) is 5.92 Å². The topological polar surface area (TPSA) is 66.6 Å². The van der Waals surface area contributed by atoms with Crippen molar-refractivity contribution in [2.75, 3.05) is 32.7 Å². The fourth-order valence-corrected chi connectivity index (χ4v) is 3.98. The van der Waals surface area contributed by atoms with Gasteiger partial charge in [0.1, 0.15) is 0 Å². The van der Waals surface area contributed by atoms with Crippen LogP contribution in [0.3, 0.4) is 0 Å². The van der Waals surface area contributed by atoms with Crippen molar-refractivity contribution in [3.63, 3.8) is 0 Å². The standard InChI is InChI=1S/C24H31N3O2/c1-2-13-27-16-15-26(14-12-23(25)28)18-22(24(27)29)17-19-8-10-21(11-9-19)20-6-4-3-5-7-20/h3-11,22H,2,12-18H2,1H3,(H2,25,28)/t22-/m0/s1. The maximum absolute atomic E-state index is 13.1. The van der Waals surface area contributed by atoms with E-state index in [1.54, 1.807) is 0 Å². The van der Waals surface area contributed by atoms with E-state index < -0.39 is 0 Å². The van der Waals surface area contributed by atoms with E-state index in [1.807, 2.05) is 23.1 Å². The summed E-state index contributed by atoms with van der Waals surface area (Å²) in [6, 6.07) is 18.8. The van der Waals surface area contributed by atoms with E-state index in [0.29, 0.717) is 25.9 Å². The summed E-state index contributed by atoms with van der Waals surface area (Å²) >= 11 is 0. The molecule has 5 heteroatoms. The average Bonchev–Trinajstić information content (AvgIpc) is 2.88. The third kappa shape index (κ3) is 5.91. The number of amides is 2. The summed E-state index contributed by atoms with van der Waals surface area (Å²) in [5.41, 5.74) is 8.86. The van der Waals surface area contributed by atoms with Crippen LogP contribution in [0, 0.1) is 5.92 Å². The van der Waals surface area contributed by atoms with Gasteiger partial charge in [0.2, 0.25) is 11.8 Å². The lowest BCUT2D eigenvalue weighted by atomic mass is 9.95. The Labute approximate surface area is 173 Å². The van der Waals surface area contributed by atoms with E-state index >= 15 is 0 Å². The first-order valence-corrected chi connectivity index (χ1v) is 10.5. The van der Waals surface area contributed by atoms with Crippen LogP contribution < -0.4 is 5.73 Å². The maximum atomic E-state index is 13.1. The molecule has 2 aromatic carbocycles. The number of carbonyl (C=O) groups is 2. The Balaban J connectivity index is 1.72. The Morgan fingerprint density at radius 2 is 1.69 bits per heavy atom. The van der Waals surface area contributed by atoms with Gasteiger partial charge in [0.25, 0.3) is 0 Å². The van der Waals surface area contributed by atoms with Crippen LogP contribution in [0.1, 0.15) is 25.3 Å². The molecule has 0 spiro atoms. The van der Waals surface area contributed by atoms with Crippen molar-refractivity contribution in [2.24, 2.45) is 11.7 Å². The van der Waals surface area contributed by atoms with Crippen molar-refractivity contribution < 1.29 is 9.59 Å². The summed E-state index contributed by atoms with van der Waals surface area (Å²) in [6.07, 6.45) is 1.99. The fraction of sp³-hybridized carbons (Fsp3) is 0.417. The second-order valence-electron chi connectivity index (χ2n) is 7.81. The van der Waals surface area contributed by atoms with E-state index in [4.69, 9.17) is 5.73 Å². The molecule has 1 aliphatic rings. The number of carbonyl (C=O) groups excluding carboxylic acids is 2. The molecule has 1 atom stereocenters. The summed E-state index contributed by atoms with van der Waals surface area (Å²) in [7, 11) is 0. The predicted molar refractivity (Wildman–Crippen MR) is 116 cm³/mol. The third-order valence-electron chi connectivity index (χ3n) is 5.54. The van der Waals surface area contributed by atoms with E-state index in [9.17, 15) is 9.59 Å². The second kappa shape index (κ2) is 10.2. The number of hydrogen-bond donors (Lipinski definition) is 1. The number of benzene rings is 2.